The van der Waals surface area contributed by atoms with Crippen molar-refractivity contribution >= 4 is 22.6 Å². The molecule has 1 N–H and O–H groups in total. The van der Waals surface area contributed by atoms with Crippen molar-refractivity contribution in [3.63, 3.8) is 0 Å². The van der Waals surface area contributed by atoms with Crippen LogP contribution < -0.4 is 10.1 Å². The minimum absolute atomic E-state index is 0.179. The summed E-state index contributed by atoms with van der Waals surface area (Å²) in [5.74, 6) is -0.301. The molecule has 0 aliphatic rings. The van der Waals surface area contributed by atoms with Crippen LogP contribution in [0.1, 0.15) is 25.8 Å². The Morgan fingerprint density at radius 2 is 1.74 bits per heavy atom. The molecule has 0 unspecified atom stereocenters. The smallest absolute Gasteiger partial charge is 0.261 e. The van der Waals surface area contributed by atoms with Crippen LogP contribution in [0.25, 0.3) is 10.8 Å². The van der Waals surface area contributed by atoms with Gasteiger partial charge in [-0.05, 0) is 42.5 Å². The number of hydrogen-bond acceptors (Lipinski definition) is 3. The van der Waals surface area contributed by atoms with Crippen molar-refractivity contribution in [3.8, 4) is 5.75 Å². The summed E-state index contributed by atoms with van der Waals surface area (Å²) in [5, 5.41) is 4.76. The van der Waals surface area contributed by atoms with E-state index in [4.69, 9.17) is 4.74 Å². The van der Waals surface area contributed by atoms with Crippen LogP contribution in [0.4, 0.5) is 4.39 Å². The van der Waals surface area contributed by atoms with Crippen molar-refractivity contribution in [3.05, 3.63) is 78.1 Å². The highest BCUT2D eigenvalue weighted by Crippen LogP contribution is 2.25. The molecule has 0 aliphatic carbocycles. The lowest BCUT2D eigenvalue weighted by molar-refractivity contribution is -0.142. The molecular formula is C25H27FN2O3. The lowest BCUT2D eigenvalue weighted by Crippen LogP contribution is -2.49. The molecule has 0 saturated carbocycles. The van der Waals surface area contributed by atoms with Gasteiger partial charge in [0.25, 0.3) is 5.91 Å². The molecule has 0 radical (unpaired) electrons. The van der Waals surface area contributed by atoms with Gasteiger partial charge in [-0.25, -0.2) is 4.39 Å². The van der Waals surface area contributed by atoms with E-state index in [1.165, 1.54) is 17.0 Å². The highest BCUT2D eigenvalue weighted by molar-refractivity contribution is 5.90. The normalized spacial score (nSPS) is 11.7. The summed E-state index contributed by atoms with van der Waals surface area (Å²) in [6.45, 7) is 4.16. The van der Waals surface area contributed by atoms with Crippen LogP contribution in [-0.4, -0.2) is 35.9 Å². The van der Waals surface area contributed by atoms with Crippen LogP contribution in [0.3, 0.4) is 0 Å². The number of carbonyl (C=O) groups excluding carboxylic acids is 2. The number of rotatable bonds is 9. The van der Waals surface area contributed by atoms with Crippen LogP contribution in [0.5, 0.6) is 5.75 Å². The maximum atomic E-state index is 13.3. The van der Waals surface area contributed by atoms with E-state index >= 15 is 0 Å². The van der Waals surface area contributed by atoms with E-state index in [0.29, 0.717) is 12.3 Å². The standard InChI is InChI=1S/C25H27FN2O3/c1-3-15-27-25(30)18(2)28(16-19-11-13-21(26)14-12-19)24(29)17-31-23-10-6-8-20-7-4-5-9-22(20)23/h4-14,18H,3,15-17H2,1-2H3,(H,27,30)/t18-/m1/s1. The van der Waals surface area contributed by atoms with Crippen molar-refractivity contribution < 1.29 is 18.7 Å². The zero-order valence-corrected chi connectivity index (χ0v) is 17.8. The first kappa shape index (κ1) is 22.3. The Bertz CT molecular complexity index is 1030. The molecule has 0 spiro atoms. The number of hydrogen-bond donors (Lipinski definition) is 1. The molecule has 0 saturated heterocycles. The Labute approximate surface area is 181 Å². The van der Waals surface area contributed by atoms with Crippen molar-refractivity contribution in [2.45, 2.75) is 32.9 Å². The van der Waals surface area contributed by atoms with Crippen molar-refractivity contribution in [1.82, 2.24) is 10.2 Å². The van der Waals surface area contributed by atoms with Gasteiger partial charge in [0.15, 0.2) is 6.61 Å². The predicted molar refractivity (Wildman–Crippen MR) is 119 cm³/mol. The molecule has 162 valence electrons. The first-order valence-corrected chi connectivity index (χ1v) is 10.4. The fraction of sp³-hybridized carbons (Fsp3) is 0.280. The average Bonchev–Trinajstić information content (AvgIpc) is 2.80. The molecule has 3 aromatic rings. The van der Waals surface area contributed by atoms with Gasteiger partial charge >= 0.3 is 0 Å². The van der Waals surface area contributed by atoms with Crippen LogP contribution in [0.2, 0.25) is 0 Å². The van der Waals surface area contributed by atoms with Gasteiger partial charge in [0.05, 0.1) is 0 Å². The van der Waals surface area contributed by atoms with Crippen molar-refractivity contribution in [2.24, 2.45) is 0 Å². The fourth-order valence-electron chi connectivity index (χ4n) is 3.31. The Balaban J connectivity index is 1.77. The molecule has 31 heavy (non-hydrogen) atoms. The van der Waals surface area contributed by atoms with E-state index in [9.17, 15) is 14.0 Å². The SMILES string of the molecule is CCCNC(=O)[C@@H](C)N(Cc1ccc(F)cc1)C(=O)COc1cccc2ccccc12. The number of halogens is 1. The molecule has 0 aromatic heterocycles. The molecule has 3 rings (SSSR count). The van der Waals surface area contributed by atoms with Gasteiger partial charge in [-0.15, -0.1) is 0 Å². The number of carbonyl (C=O) groups is 2. The number of fused-ring (bicyclic) bond motifs is 1. The lowest BCUT2D eigenvalue weighted by Gasteiger charge is -2.28. The van der Waals surface area contributed by atoms with E-state index in [1.54, 1.807) is 19.1 Å². The summed E-state index contributed by atoms with van der Waals surface area (Å²) in [7, 11) is 0. The summed E-state index contributed by atoms with van der Waals surface area (Å²) >= 11 is 0. The second-order valence-corrected chi connectivity index (χ2v) is 7.38. The van der Waals surface area contributed by atoms with Crippen molar-refractivity contribution in [2.75, 3.05) is 13.2 Å². The number of ether oxygens (including phenoxy) is 1. The van der Waals surface area contributed by atoms with Gasteiger partial charge in [-0.3, -0.25) is 9.59 Å². The summed E-state index contributed by atoms with van der Waals surface area (Å²) in [5.41, 5.74) is 0.732. The average molecular weight is 423 g/mol. The van der Waals surface area contributed by atoms with Crippen molar-refractivity contribution in [1.29, 1.82) is 0 Å². The Kier molecular flexibility index (Phi) is 7.60. The van der Waals surface area contributed by atoms with Gasteiger partial charge in [0.1, 0.15) is 17.6 Å². The molecule has 2 amide bonds. The topological polar surface area (TPSA) is 58.6 Å². The third-order valence-corrected chi connectivity index (χ3v) is 5.08. The largest absolute Gasteiger partial charge is 0.483 e. The van der Waals surface area contributed by atoms with Gasteiger partial charge in [0.2, 0.25) is 5.91 Å². The second kappa shape index (κ2) is 10.6. The highest BCUT2D eigenvalue weighted by atomic mass is 19.1. The zero-order chi connectivity index (χ0) is 22.2. The number of benzene rings is 3. The predicted octanol–water partition coefficient (Wildman–Crippen LogP) is 4.30. The van der Waals surface area contributed by atoms with E-state index in [2.05, 4.69) is 5.32 Å². The van der Waals surface area contributed by atoms with E-state index in [-0.39, 0.29) is 30.8 Å². The quantitative estimate of drug-likeness (QED) is 0.559. The molecular weight excluding hydrogens is 395 g/mol. The first-order valence-electron chi connectivity index (χ1n) is 10.4. The van der Waals surface area contributed by atoms with Gasteiger partial charge in [0, 0.05) is 18.5 Å². The summed E-state index contributed by atoms with van der Waals surface area (Å²) in [6.07, 6.45) is 0.800. The molecule has 3 aromatic carbocycles. The number of nitrogens with one attached hydrogen (secondary N) is 1. The lowest BCUT2D eigenvalue weighted by atomic mass is 10.1. The third-order valence-electron chi connectivity index (χ3n) is 5.08. The van der Waals surface area contributed by atoms with Gasteiger partial charge in [-0.1, -0.05) is 55.5 Å². The van der Waals surface area contributed by atoms with Crippen LogP contribution in [0.15, 0.2) is 66.7 Å². The van der Waals surface area contributed by atoms with Crippen LogP contribution in [-0.2, 0) is 16.1 Å². The molecule has 1 atom stereocenters. The summed E-state index contributed by atoms with van der Waals surface area (Å²) < 4.78 is 19.1. The Morgan fingerprint density at radius 1 is 1.03 bits per heavy atom. The molecule has 0 bridgehead atoms. The maximum Gasteiger partial charge on any atom is 0.261 e. The zero-order valence-electron chi connectivity index (χ0n) is 17.8. The molecule has 5 nitrogen and oxygen atoms in total. The minimum Gasteiger partial charge on any atom is -0.483 e. The molecule has 6 heteroatoms. The minimum atomic E-state index is -0.694. The maximum absolute atomic E-state index is 13.3. The van der Waals surface area contributed by atoms with E-state index in [1.807, 2.05) is 49.4 Å². The first-order chi connectivity index (χ1) is 15.0. The van der Waals surface area contributed by atoms with E-state index in [0.717, 1.165) is 22.8 Å². The Morgan fingerprint density at radius 3 is 2.48 bits per heavy atom. The number of amides is 2. The monoisotopic (exact) mass is 422 g/mol. The summed E-state index contributed by atoms with van der Waals surface area (Å²) in [4.78, 5) is 27.1. The second-order valence-electron chi connectivity index (χ2n) is 7.38. The molecule has 0 aliphatic heterocycles. The van der Waals surface area contributed by atoms with Gasteiger partial charge in [-0.2, -0.15) is 0 Å². The fourth-order valence-corrected chi connectivity index (χ4v) is 3.31. The number of nitrogens with zero attached hydrogens (tertiary/aromatic N) is 1. The Hall–Kier alpha value is -3.41. The van der Waals surface area contributed by atoms with Gasteiger partial charge < -0.3 is 15.0 Å². The highest BCUT2D eigenvalue weighted by Gasteiger charge is 2.26. The molecule has 0 heterocycles. The van der Waals surface area contributed by atoms with Crippen LogP contribution in [0, 0.1) is 5.82 Å². The van der Waals surface area contributed by atoms with E-state index < -0.39 is 6.04 Å². The molecule has 0 fully saturated rings. The third kappa shape index (κ3) is 5.81. The van der Waals surface area contributed by atoms with Crippen LogP contribution >= 0.6 is 0 Å². The summed E-state index contributed by atoms with van der Waals surface area (Å²) in [6, 6.07) is 18.6.